The zero-order valence-corrected chi connectivity index (χ0v) is 19.8. The molecular formula is C27H24N6OS. The Morgan fingerprint density at radius 3 is 2.49 bits per heavy atom. The summed E-state index contributed by atoms with van der Waals surface area (Å²) < 4.78 is 6.47. The van der Waals surface area contributed by atoms with E-state index >= 15 is 0 Å². The fourth-order valence-corrected chi connectivity index (χ4v) is 4.91. The highest BCUT2D eigenvalue weighted by Crippen LogP contribution is 2.36. The summed E-state index contributed by atoms with van der Waals surface area (Å²) in [5, 5.41) is 10.6. The van der Waals surface area contributed by atoms with Crippen molar-refractivity contribution >= 4 is 33.9 Å². The van der Waals surface area contributed by atoms with Gasteiger partial charge >= 0.3 is 0 Å². The van der Waals surface area contributed by atoms with Gasteiger partial charge in [0, 0.05) is 47.3 Å². The van der Waals surface area contributed by atoms with Crippen molar-refractivity contribution in [2.45, 2.75) is 18.9 Å². The van der Waals surface area contributed by atoms with E-state index in [2.05, 4.69) is 43.8 Å². The third-order valence-corrected chi connectivity index (χ3v) is 6.88. The highest BCUT2D eigenvalue weighted by molar-refractivity contribution is 7.13. The summed E-state index contributed by atoms with van der Waals surface area (Å²) in [4.78, 5) is 17.9. The molecule has 2 aromatic carbocycles. The molecule has 5 aromatic rings. The van der Waals surface area contributed by atoms with Crippen LogP contribution in [0, 0.1) is 0 Å². The van der Waals surface area contributed by atoms with Gasteiger partial charge < -0.3 is 15.4 Å². The minimum atomic E-state index is 0.186. The van der Waals surface area contributed by atoms with Crippen LogP contribution in [0.2, 0.25) is 0 Å². The number of pyridine rings is 1. The van der Waals surface area contributed by atoms with Crippen LogP contribution in [0.1, 0.15) is 12.8 Å². The summed E-state index contributed by atoms with van der Waals surface area (Å²) in [5.74, 6) is 1.37. The van der Waals surface area contributed by atoms with Gasteiger partial charge in [0.25, 0.3) is 0 Å². The van der Waals surface area contributed by atoms with Gasteiger partial charge in [-0.05, 0) is 67.4 Å². The van der Waals surface area contributed by atoms with Gasteiger partial charge in [0.2, 0.25) is 5.95 Å². The van der Waals surface area contributed by atoms with Crippen LogP contribution in [0.15, 0.2) is 78.7 Å². The van der Waals surface area contributed by atoms with Gasteiger partial charge in [-0.3, -0.25) is 4.98 Å². The van der Waals surface area contributed by atoms with Gasteiger partial charge in [-0.15, -0.1) is 11.3 Å². The van der Waals surface area contributed by atoms with E-state index in [-0.39, 0.29) is 6.10 Å². The van der Waals surface area contributed by atoms with Crippen molar-refractivity contribution in [1.82, 2.24) is 25.3 Å². The molecule has 0 amide bonds. The van der Waals surface area contributed by atoms with E-state index < -0.39 is 0 Å². The van der Waals surface area contributed by atoms with Crippen molar-refractivity contribution in [2.24, 2.45) is 0 Å². The number of aromatic nitrogens is 4. The zero-order chi connectivity index (χ0) is 23.5. The van der Waals surface area contributed by atoms with Crippen molar-refractivity contribution in [3.05, 3.63) is 78.7 Å². The molecule has 1 aliphatic heterocycles. The lowest BCUT2D eigenvalue weighted by molar-refractivity contribution is 0.163. The Labute approximate surface area is 207 Å². The topological polar surface area (TPSA) is 84.9 Å². The zero-order valence-electron chi connectivity index (χ0n) is 19.0. The number of nitrogens with one attached hydrogen (secondary N) is 2. The Bertz CT molecular complexity index is 1420. The van der Waals surface area contributed by atoms with Crippen LogP contribution >= 0.6 is 11.3 Å². The maximum Gasteiger partial charge on any atom is 0.227 e. The standard InChI is InChI=1S/C27H24N6OS/c1-3-21(4-2-18(1)19-5-9-28-10-6-19)32-27-31-17-20-15-23(26-30-13-14-35-26)25(16-24(20)33-27)34-22-7-11-29-12-8-22/h1-6,9-10,13-17,22,29H,7-8,11-12H2,(H,31,32,33). The Kier molecular flexibility index (Phi) is 6.04. The minimum absolute atomic E-state index is 0.186. The number of nitrogens with zero attached hydrogens (tertiary/aromatic N) is 4. The van der Waals surface area contributed by atoms with Gasteiger partial charge in [0.05, 0.1) is 11.1 Å². The molecule has 6 rings (SSSR count). The Morgan fingerprint density at radius 2 is 1.71 bits per heavy atom. The summed E-state index contributed by atoms with van der Waals surface area (Å²) in [7, 11) is 0. The highest BCUT2D eigenvalue weighted by atomic mass is 32.1. The number of ether oxygens (including phenoxy) is 1. The van der Waals surface area contributed by atoms with E-state index in [1.54, 1.807) is 23.7 Å². The van der Waals surface area contributed by atoms with Crippen molar-refractivity contribution in [2.75, 3.05) is 18.4 Å². The summed E-state index contributed by atoms with van der Waals surface area (Å²) in [6.45, 7) is 1.95. The number of anilines is 2. The molecule has 35 heavy (non-hydrogen) atoms. The molecule has 3 aromatic heterocycles. The molecule has 0 aliphatic carbocycles. The average molecular weight is 481 g/mol. The number of thiazole rings is 1. The molecule has 1 saturated heterocycles. The number of hydrogen-bond donors (Lipinski definition) is 2. The van der Waals surface area contributed by atoms with Crippen LogP contribution in [0.5, 0.6) is 5.75 Å². The van der Waals surface area contributed by atoms with E-state index in [0.717, 1.165) is 70.0 Å². The van der Waals surface area contributed by atoms with E-state index in [0.29, 0.717) is 5.95 Å². The number of benzene rings is 2. The molecule has 1 fully saturated rings. The first-order chi connectivity index (χ1) is 17.3. The highest BCUT2D eigenvalue weighted by Gasteiger charge is 2.19. The molecular weight excluding hydrogens is 456 g/mol. The summed E-state index contributed by atoms with van der Waals surface area (Å²) in [6.07, 6.45) is 9.43. The second-order valence-corrected chi connectivity index (χ2v) is 9.34. The Hall–Kier alpha value is -3.88. The maximum atomic E-state index is 6.47. The molecule has 7 nitrogen and oxygen atoms in total. The van der Waals surface area contributed by atoms with E-state index in [1.165, 1.54) is 0 Å². The minimum Gasteiger partial charge on any atom is -0.490 e. The number of fused-ring (bicyclic) bond motifs is 1. The normalized spacial score (nSPS) is 14.2. The molecule has 0 atom stereocenters. The van der Waals surface area contributed by atoms with Crippen LogP contribution < -0.4 is 15.4 Å². The monoisotopic (exact) mass is 480 g/mol. The first kappa shape index (κ1) is 21.6. The average Bonchev–Trinajstić information content (AvgIpc) is 3.45. The van der Waals surface area contributed by atoms with Gasteiger partial charge in [0.1, 0.15) is 16.9 Å². The predicted molar refractivity (Wildman–Crippen MR) is 140 cm³/mol. The molecule has 8 heteroatoms. The van der Waals surface area contributed by atoms with E-state index in [4.69, 9.17) is 9.72 Å². The number of rotatable bonds is 6. The molecule has 2 N–H and O–H groups in total. The molecule has 0 saturated carbocycles. The van der Waals surface area contributed by atoms with Gasteiger partial charge in [-0.2, -0.15) is 0 Å². The van der Waals surface area contributed by atoms with Crippen LogP contribution in [0.3, 0.4) is 0 Å². The molecule has 0 bridgehead atoms. The third kappa shape index (κ3) is 4.84. The molecule has 0 unspecified atom stereocenters. The lowest BCUT2D eigenvalue weighted by Crippen LogP contribution is -2.34. The van der Waals surface area contributed by atoms with Gasteiger partial charge in [-0.1, -0.05) is 12.1 Å². The third-order valence-electron chi connectivity index (χ3n) is 6.08. The van der Waals surface area contributed by atoms with Crippen LogP contribution in [0.4, 0.5) is 11.6 Å². The van der Waals surface area contributed by atoms with Crippen LogP contribution in [0.25, 0.3) is 32.6 Å². The second-order valence-electron chi connectivity index (χ2n) is 8.44. The SMILES string of the molecule is c1cc(-c2ccc(Nc3ncc4cc(-c5nccs5)c(OC5CCNCC5)cc4n3)cc2)ccn1. The fourth-order valence-electron chi connectivity index (χ4n) is 4.25. The maximum absolute atomic E-state index is 6.47. The van der Waals surface area contributed by atoms with Crippen molar-refractivity contribution in [3.63, 3.8) is 0 Å². The van der Waals surface area contributed by atoms with Gasteiger partial charge in [0.15, 0.2) is 0 Å². The van der Waals surface area contributed by atoms with E-state index in [9.17, 15) is 0 Å². The molecule has 174 valence electrons. The van der Waals surface area contributed by atoms with Crippen molar-refractivity contribution in [3.8, 4) is 27.4 Å². The second kappa shape index (κ2) is 9.77. The lowest BCUT2D eigenvalue weighted by atomic mass is 10.1. The quantitative estimate of drug-likeness (QED) is 0.323. The summed E-state index contributed by atoms with van der Waals surface area (Å²) in [6, 6.07) is 16.3. The summed E-state index contributed by atoms with van der Waals surface area (Å²) in [5.41, 5.74) is 5.01. The van der Waals surface area contributed by atoms with Crippen molar-refractivity contribution in [1.29, 1.82) is 0 Å². The smallest absolute Gasteiger partial charge is 0.227 e. The van der Waals surface area contributed by atoms with Crippen molar-refractivity contribution < 1.29 is 4.74 Å². The first-order valence-corrected chi connectivity index (χ1v) is 12.6. The predicted octanol–water partition coefficient (Wildman–Crippen LogP) is 5.69. The van der Waals surface area contributed by atoms with Crippen LogP contribution in [-0.2, 0) is 0 Å². The molecule has 0 radical (unpaired) electrons. The van der Waals surface area contributed by atoms with Gasteiger partial charge in [-0.25, -0.2) is 15.0 Å². The summed E-state index contributed by atoms with van der Waals surface area (Å²) >= 11 is 1.61. The van der Waals surface area contributed by atoms with E-state index in [1.807, 2.05) is 48.1 Å². The Morgan fingerprint density at radius 1 is 0.914 bits per heavy atom. The Balaban J connectivity index is 1.29. The largest absolute Gasteiger partial charge is 0.490 e. The fraction of sp³-hybridized carbons (Fsp3) is 0.185. The molecule has 4 heterocycles. The molecule has 1 aliphatic rings. The number of hydrogen-bond acceptors (Lipinski definition) is 8. The van der Waals surface area contributed by atoms with Crippen LogP contribution in [-0.4, -0.2) is 39.1 Å². The first-order valence-electron chi connectivity index (χ1n) is 11.7. The lowest BCUT2D eigenvalue weighted by Gasteiger charge is -2.25. The molecule has 0 spiro atoms. The number of piperidine rings is 1.